The molecule has 1 atom stereocenters. The van der Waals surface area contributed by atoms with Crippen LogP contribution in [0.3, 0.4) is 0 Å². The van der Waals surface area contributed by atoms with Crippen molar-refractivity contribution in [3.05, 3.63) is 64.4 Å². The van der Waals surface area contributed by atoms with Crippen molar-refractivity contribution in [2.75, 3.05) is 18.5 Å². The summed E-state index contributed by atoms with van der Waals surface area (Å²) >= 11 is 6.36. The van der Waals surface area contributed by atoms with Gasteiger partial charge < -0.3 is 10.6 Å². The minimum Gasteiger partial charge on any atom is -0.367 e. The van der Waals surface area contributed by atoms with Crippen LogP contribution in [0, 0.1) is 5.82 Å². The number of rotatable bonds is 5. The van der Waals surface area contributed by atoms with Gasteiger partial charge in [-0.3, -0.25) is 0 Å². The summed E-state index contributed by atoms with van der Waals surface area (Å²) in [6.07, 6.45) is 0.798. The van der Waals surface area contributed by atoms with E-state index in [0.717, 1.165) is 17.7 Å². The fourth-order valence-corrected chi connectivity index (χ4v) is 2.73. The van der Waals surface area contributed by atoms with E-state index in [1.54, 1.807) is 12.1 Å². The highest BCUT2D eigenvalue weighted by atomic mass is 35.5. The lowest BCUT2D eigenvalue weighted by Gasteiger charge is -2.28. The van der Waals surface area contributed by atoms with Gasteiger partial charge in [0, 0.05) is 12.6 Å². The Balaban J connectivity index is 2.27. The number of hydrogen-bond donors (Lipinski definition) is 1. The van der Waals surface area contributed by atoms with Gasteiger partial charge >= 0.3 is 0 Å². The first kappa shape index (κ1) is 15.8. The van der Waals surface area contributed by atoms with Gasteiger partial charge in [-0.2, -0.15) is 0 Å². The summed E-state index contributed by atoms with van der Waals surface area (Å²) in [4.78, 5) is 1.98. The van der Waals surface area contributed by atoms with E-state index < -0.39 is 0 Å². The molecular weight excluding hydrogens is 287 g/mol. The zero-order valence-electron chi connectivity index (χ0n) is 12.3. The van der Waals surface area contributed by atoms with Crippen molar-refractivity contribution in [3.8, 4) is 0 Å². The maximum atomic E-state index is 13.9. The maximum Gasteiger partial charge on any atom is 0.128 e. The standard InChI is InChI=1S/C17H20ClFN2/c1-12(14-5-3-4-6-16(14)19)21(2)17-8-7-13(9-10-20)11-15(17)18/h3-8,11-12H,9-10,20H2,1-2H3. The smallest absolute Gasteiger partial charge is 0.128 e. The van der Waals surface area contributed by atoms with E-state index in [1.807, 2.05) is 43.1 Å². The average Bonchev–Trinajstić information content (AvgIpc) is 2.47. The van der Waals surface area contributed by atoms with Gasteiger partial charge in [0.2, 0.25) is 0 Å². The van der Waals surface area contributed by atoms with Crippen LogP contribution in [0.4, 0.5) is 10.1 Å². The summed E-state index contributed by atoms with van der Waals surface area (Å²) in [7, 11) is 1.92. The molecule has 0 aliphatic heterocycles. The third-order valence-corrected chi connectivity index (χ3v) is 4.06. The molecule has 0 bridgehead atoms. The Hall–Kier alpha value is -1.58. The van der Waals surface area contributed by atoms with Crippen molar-refractivity contribution in [2.45, 2.75) is 19.4 Å². The highest BCUT2D eigenvalue weighted by molar-refractivity contribution is 6.33. The van der Waals surface area contributed by atoms with Crippen LogP contribution in [-0.4, -0.2) is 13.6 Å². The van der Waals surface area contributed by atoms with Crippen LogP contribution in [0.25, 0.3) is 0 Å². The second-order valence-electron chi connectivity index (χ2n) is 5.13. The Morgan fingerprint density at radius 3 is 2.57 bits per heavy atom. The molecule has 4 heteroatoms. The Kier molecular flexibility index (Phi) is 5.21. The SMILES string of the molecule is CC(c1ccccc1F)N(C)c1ccc(CCN)cc1Cl. The maximum absolute atomic E-state index is 13.9. The highest BCUT2D eigenvalue weighted by Crippen LogP contribution is 2.32. The predicted molar refractivity (Wildman–Crippen MR) is 87.4 cm³/mol. The van der Waals surface area contributed by atoms with Crippen LogP contribution in [-0.2, 0) is 6.42 Å². The number of hydrogen-bond acceptors (Lipinski definition) is 2. The molecule has 2 rings (SSSR count). The van der Waals surface area contributed by atoms with Gasteiger partial charge in [0.25, 0.3) is 0 Å². The molecule has 0 amide bonds. The van der Waals surface area contributed by atoms with Gasteiger partial charge in [0.1, 0.15) is 5.82 Å². The Labute approximate surface area is 130 Å². The van der Waals surface area contributed by atoms with Crippen LogP contribution in [0.15, 0.2) is 42.5 Å². The first-order chi connectivity index (χ1) is 10.0. The summed E-state index contributed by atoms with van der Waals surface area (Å²) in [5, 5.41) is 0.659. The Bertz CT molecular complexity index is 615. The van der Waals surface area contributed by atoms with Crippen molar-refractivity contribution in [1.29, 1.82) is 0 Å². The monoisotopic (exact) mass is 306 g/mol. The number of anilines is 1. The molecule has 2 nitrogen and oxygen atoms in total. The third-order valence-electron chi connectivity index (χ3n) is 3.76. The fourth-order valence-electron chi connectivity index (χ4n) is 2.39. The molecule has 1 unspecified atom stereocenters. The summed E-state index contributed by atoms with van der Waals surface area (Å²) < 4.78 is 13.9. The van der Waals surface area contributed by atoms with E-state index in [-0.39, 0.29) is 11.9 Å². The van der Waals surface area contributed by atoms with Gasteiger partial charge in [0.15, 0.2) is 0 Å². The van der Waals surface area contributed by atoms with Crippen molar-refractivity contribution in [2.24, 2.45) is 5.73 Å². The van der Waals surface area contributed by atoms with Crippen LogP contribution < -0.4 is 10.6 Å². The van der Waals surface area contributed by atoms with E-state index >= 15 is 0 Å². The van der Waals surface area contributed by atoms with Crippen LogP contribution in [0.2, 0.25) is 5.02 Å². The molecule has 0 aliphatic carbocycles. The number of nitrogens with zero attached hydrogens (tertiary/aromatic N) is 1. The number of benzene rings is 2. The minimum atomic E-state index is -0.201. The highest BCUT2D eigenvalue weighted by Gasteiger charge is 2.17. The first-order valence-corrected chi connectivity index (χ1v) is 7.38. The Morgan fingerprint density at radius 1 is 1.24 bits per heavy atom. The minimum absolute atomic E-state index is 0.107. The molecule has 0 saturated heterocycles. The van der Waals surface area contributed by atoms with E-state index in [2.05, 4.69) is 0 Å². The first-order valence-electron chi connectivity index (χ1n) is 7.00. The molecule has 2 aromatic carbocycles. The van der Waals surface area contributed by atoms with E-state index in [4.69, 9.17) is 17.3 Å². The summed E-state index contributed by atoms with van der Waals surface area (Å²) in [5.41, 5.74) is 8.20. The third kappa shape index (κ3) is 3.55. The molecule has 0 spiro atoms. The van der Waals surface area contributed by atoms with Crippen molar-refractivity contribution < 1.29 is 4.39 Å². The molecule has 2 aromatic rings. The molecule has 112 valence electrons. The zero-order valence-corrected chi connectivity index (χ0v) is 13.1. The molecule has 2 N–H and O–H groups in total. The molecule has 0 fully saturated rings. The topological polar surface area (TPSA) is 29.3 Å². The van der Waals surface area contributed by atoms with Crippen molar-refractivity contribution in [1.82, 2.24) is 0 Å². The normalized spacial score (nSPS) is 12.2. The Morgan fingerprint density at radius 2 is 1.95 bits per heavy atom. The summed E-state index contributed by atoms with van der Waals surface area (Å²) in [6.45, 7) is 2.56. The lowest BCUT2D eigenvalue weighted by Crippen LogP contribution is -2.22. The van der Waals surface area contributed by atoms with Gasteiger partial charge in [-0.25, -0.2) is 4.39 Å². The molecule has 0 radical (unpaired) electrons. The van der Waals surface area contributed by atoms with Gasteiger partial charge in [-0.05, 0) is 43.7 Å². The summed E-state index contributed by atoms with van der Waals surface area (Å²) in [6, 6.07) is 12.6. The second kappa shape index (κ2) is 6.92. The number of halogens is 2. The molecule has 0 aromatic heterocycles. The second-order valence-corrected chi connectivity index (χ2v) is 5.54. The fraction of sp³-hybridized carbons (Fsp3) is 0.294. The van der Waals surface area contributed by atoms with Gasteiger partial charge in [-0.15, -0.1) is 0 Å². The molecule has 21 heavy (non-hydrogen) atoms. The van der Waals surface area contributed by atoms with Gasteiger partial charge in [0.05, 0.1) is 16.8 Å². The van der Waals surface area contributed by atoms with Crippen LogP contribution in [0.5, 0.6) is 0 Å². The zero-order chi connectivity index (χ0) is 15.4. The molecule has 0 aliphatic rings. The van der Waals surface area contributed by atoms with Crippen LogP contribution >= 0.6 is 11.6 Å². The van der Waals surface area contributed by atoms with Crippen LogP contribution in [0.1, 0.15) is 24.1 Å². The molecule has 0 saturated carbocycles. The molecule has 0 heterocycles. The van der Waals surface area contributed by atoms with Gasteiger partial charge in [-0.1, -0.05) is 35.9 Å². The van der Waals surface area contributed by atoms with E-state index in [9.17, 15) is 4.39 Å². The predicted octanol–water partition coefficient (Wildman–Crippen LogP) is 4.18. The quantitative estimate of drug-likeness (QED) is 0.898. The average molecular weight is 307 g/mol. The van der Waals surface area contributed by atoms with E-state index in [1.165, 1.54) is 6.07 Å². The number of nitrogens with two attached hydrogens (primary N) is 1. The lowest BCUT2D eigenvalue weighted by atomic mass is 10.1. The van der Waals surface area contributed by atoms with Crippen molar-refractivity contribution in [3.63, 3.8) is 0 Å². The largest absolute Gasteiger partial charge is 0.367 e. The van der Waals surface area contributed by atoms with E-state index in [0.29, 0.717) is 17.1 Å². The molecular formula is C17H20ClFN2. The lowest BCUT2D eigenvalue weighted by molar-refractivity contribution is 0.585. The summed E-state index contributed by atoms with van der Waals surface area (Å²) in [5.74, 6) is -0.201. The van der Waals surface area contributed by atoms with Crippen molar-refractivity contribution >= 4 is 17.3 Å².